The number of nitrogen functional groups attached to an aromatic ring is 1. The van der Waals surface area contributed by atoms with E-state index in [-0.39, 0.29) is 17.1 Å². The summed E-state index contributed by atoms with van der Waals surface area (Å²) in [6.07, 6.45) is -3.56. The molecule has 2 aliphatic rings. The van der Waals surface area contributed by atoms with E-state index in [9.17, 15) is 18.4 Å². The minimum absolute atomic E-state index is 0.0850. The lowest BCUT2D eigenvalue weighted by atomic mass is 10.0. The van der Waals surface area contributed by atoms with Crippen LogP contribution in [0, 0.1) is 11.3 Å². The number of hydrogen-bond acceptors (Lipinski definition) is 8. The molecule has 2 fully saturated rings. The maximum Gasteiger partial charge on any atom is 0.417 e. The van der Waals surface area contributed by atoms with Gasteiger partial charge < -0.3 is 25.0 Å². The Morgan fingerprint density at radius 2 is 1.61 bits per heavy atom. The van der Waals surface area contributed by atoms with E-state index in [1.807, 2.05) is 9.80 Å². The van der Waals surface area contributed by atoms with Gasteiger partial charge in [0.25, 0.3) is 0 Å². The van der Waals surface area contributed by atoms with Crippen LogP contribution in [-0.2, 0) is 15.7 Å². The highest BCUT2D eigenvalue weighted by Gasteiger charge is 2.35. The van der Waals surface area contributed by atoms with Gasteiger partial charge in [-0.25, -0.2) is 9.97 Å². The molecule has 4 heterocycles. The number of ether oxygens (including phenoxy) is 2. The van der Waals surface area contributed by atoms with Gasteiger partial charge in [0.2, 0.25) is 0 Å². The lowest BCUT2D eigenvalue weighted by Crippen LogP contribution is -2.39. The largest absolute Gasteiger partial charge is 0.417 e. The van der Waals surface area contributed by atoms with E-state index in [0.717, 1.165) is 12.3 Å². The predicted octanol–water partition coefficient (Wildman–Crippen LogP) is 2.29. The highest BCUT2D eigenvalue weighted by atomic mass is 19.4. The molecule has 8 nitrogen and oxygen atoms in total. The standard InChI is InChI=1S/C20H21F3N6O2/c21-20(22,23)15-9-18(25)26-12-14(15)16-10-17(28-1-5-30-6-2-28)13(11-24)19(27-16)29-3-7-31-8-4-29/h9-10,12H,1-8H2,(H2,25,26). The molecule has 0 atom stereocenters. The molecule has 2 aromatic heterocycles. The number of hydrogen-bond donors (Lipinski definition) is 1. The summed E-state index contributed by atoms with van der Waals surface area (Å²) < 4.78 is 52.0. The summed E-state index contributed by atoms with van der Waals surface area (Å²) in [5.74, 6) is 0.112. The Bertz CT molecular complexity index is 956. The number of nitrogens with zero attached hydrogens (tertiary/aromatic N) is 5. The zero-order valence-electron chi connectivity index (χ0n) is 16.7. The van der Waals surface area contributed by atoms with Crippen molar-refractivity contribution in [3.8, 4) is 17.3 Å². The molecule has 0 aliphatic carbocycles. The summed E-state index contributed by atoms with van der Waals surface area (Å²) in [4.78, 5) is 12.2. The number of alkyl halides is 3. The maximum absolute atomic E-state index is 13.8. The second-order valence-corrected chi connectivity index (χ2v) is 7.19. The van der Waals surface area contributed by atoms with Gasteiger partial charge in [0.05, 0.1) is 43.4 Å². The fraction of sp³-hybridized carbons (Fsp3) is 0.450. The lowest BCUT2D eigenvalue weighted by molar-refractivity contribution is -0.137. The summed E-state index contributed by atoms with van der Waals surface area (Å²) in [6, 6.07) is 4.53. The Morgan fingerprint density at radius 1 is 1.00 bits per heavy atom. The Balaban J connectivity index is 1.92. The predicted molar refractivity (Wildman–Crippen MR) is 108 cm³/mol. The Morgan fingerprint density at radius 3 is 2.19 bits per heavy atom. The third kappa shape index (κ3) is 4.35. The minimum Gasteiger partial charge on any atom is -0.384 e. The second-order valence-electron chi connectivity index (χ2n) is 7.19. The van der Waals surface area contributed by atoms with Crippen LogP contribution in [0.2, 0.25) is 0 Å². The fourth-order valence-electron chi connectivity index (χ4n) is 3.73. The zero-order chi connectivity index (χ0) is 22.0. The van der Waals surface area contributed by atoms with Crippen LogP contribution in [-0.4, -0.2) is 62.6 Å². The van der Waals surface area contributed by atoms with Crippen molar-refractivity contribution in [1.82, 2.24) is 9.97 Å². The Hall–Kier alpha value is -3.10. The van der Waals surface area contributed by atoms with Gasteiger partial charge in [-0.1, -0.05) is 0 Å². The van der Waals surface area contributed by atoms with E-state index in [4.69, 9.17) is 15.2 Å². The first-order valence-electron chi connectivity index (χ1n) is 9.82. The number of nitriles is 1. The average molecular weight is 434 g/mol. The quantitative estimate of drug-likeness (QED) is 0.786. The van der Waals surface area contributed by atoms with Crippen LogP contribution in [0.1, 0.15) is 11.1 Å². The number of rotatable bonds is 3. The van der Waals surface area contributed by atoms with Crippen LogP contribution in [0.5, 0.6) is 0 Å². The first-order valence-corrected chi connectivity index (χ1v) is 9.82. The number of nitrogens with two attached hydrogens (primary N) is 1. The summed E-state index contributed by atoms with van der Waals surface area (Å²) in [5.41, 5.74) is 5.36. The van der Waals surface area contributed by atoms with E-state index in [1.165, 1.54) is 6.07 Å². The monoisotopic (exact) mass is 434 g/mol. The molecular weight excluding hydrogens is 413 g/mol. The molecule has 11 heteroatoms. The molecule has 2 N–H and O–H groups in total. The maximum atomic E-state index is 13.8. The normalized spacial score (nSPS) is 17.5. The van der Waals surface area contributed by atoms with Gasteiger partial charge in [0, 0.05) is 37.9 Å². The number of halogens is 3. The van der Waals surface area contributed by atoms with Gasteiger partial charge in [-0.15, -0.1) is 0 Å². The third-order valence-corrected chi connectivity index (χ3v) is 5.26. The molecule has 2 aromatic rings. The molecule has 0 amide bonds. The number of aromatic nitrogens is 2. The van der Waals surface area contributed by atoms with E-state index >= 15 is 0 Å². The van der Waals surface area contributed by atoms with Crippen molar-refractivity contribution in [3.63, 3.8) is 0 Å². The molecule has 2 saturated heterocycles. The van der Waals surface area contributed by atoms with Gasteiger partial charge in [-0.3, -0.25) is 0 Å². The molecule has 0 unspecified atom stereocenters. The van der Waals surface area contributed by atoms with E-state index < -0.39 is 11.7 Å². The van der Waals surface area contributed by atoms with Crippen molar-refractivity contribution in [2.24, 2.45) is 0 Å². The molecule has 4 rings (SSSR count). The lowest BCUT2D eigenvalue weighted by Gasteiger charge is -2.33. The van der Waals surface area contributed by atoms with E-state index in [0.29, 0.717) is 69.7 Å². The Kier molecular flexibility index (Phi) is 5.84. The number of morpholine rings is 2. The number of pyridine rings is 2. The molecule has 2 aliphatic heterocycles. The number of anilines is 3. The minimum atomic E-state index is -4.64. The molecule has 31 heavy (non-hydrogen) atoms. The third-order valence-electron chi connectivity index (χ3n) is 5.26. The first kappa shape index (κ1) is 21.1. The van der Waals surface area contributed by atoms with Crippen LogP contribution in [0.25, 0.3) is 11.3 Å². The zero-order valence-corrected chi connectivity index (χ0v) is 16.7. The van der Waals surface area contributed by atoms with E-state index in [2.05, 4.69) is 16.0 Å². The van der Waals surface area contributed by atoms with Crippen molar-refractivity contribution in [2.45, 2.75) is 6.18 Å². The van der Waals surface area contributed by atoms with Crippen LogP contribution in [0.4, 0.5) is 30.5 Å². The average Bonchev–Trinajstić information content (AvgIpc) is 2.78. The van der Waals surface area contributed by atoms with Gasteiger partial charge in [0.1, 0.15) is 23.3 Å². The molecule has 0 spiro atoms. The SMILES string of the molecule is N#Cc1c(N2CCOCC2)cc(-c2cnc(N)cc2C(F)(F)F)nc1N1CCOCC1. The summed E-state index contributed by atoms with van der Waals surface area (Å²) >= 11 is 0. The molecule has 0 bridgehead atoms. The van der Waals surface area contributed by atoms with Crippen molar-refractivity contribution in [2.75, 3.05) is 68.1 Å². The molecule has 164 valence electrons. The summed E-state index contributed by atoms with van der Waals surface area (Å²) in [7, 11) is 0. The molecule has 0 aromatic carbocycles. The van der Waals surface area contributed by atoms with Gasteiger partial charge in [0.15, 0.2) is 0 Å². The van der Waals surface area contributed by atoms with Crippen LogP contribution < -0.4 is 15.5 Å². The van der Waals surface area contributed by atoms with Crippen LogP contribution in [0.3, 0.4) is 0 Å². The van der Waals surface area contributed by atoms with Crippen molar-refractivity contribution < 1.29 is 22.6 Å². The van der Waals surface area contributed by atoms with Crippen LogP contribution >= 0.6 is 0 Å². The smallest absolute Gasteiger partial charge is 0.384 e. The van der Waals surface area contributed by atoms with E-state index in [1.54, 1.807) is 0 Å². The highest BCUT2D eigenvalue weighted by Crippen LogP contribution is 2.40. The van der Waals surface area contributed by atoms with Crippen LogP contribution in [0.15, 0.2) is 18.3 Å². The second kappa shape index (κ2) is 8.56. The molecular formula is C20H21F3N6O2. The van der Waals surface area contributed by atoms with Crippen molar-refractivity contribution >= 4 is 17.3 Å². The fourth-order valence-corrected chi connectivity index (χ4v) is 3.73. The van der Waals surface area contributed by atoms with Crippen molar-refractivity contribution in [3.05, 3.63) is 29.5 Å². The highest BCUT2D eigenvalue weighted by molar-refractivity contribution is 5.78. The Labute approximate surface area is 177 Å². The van der Waals surface area contributed by atoms with Gasteiger partial charge in [-0.05, 0) is 12.1 Å². The van der Waals surface area contributed by atoms with Gasteiger partial charge >= 0.3 is 6.18 Å². The summed E-state index contributed by atoms with van der Waals surface area (Å²) in [5, 5.41) is 9.93. The molecule has 0 saturated carbocycles. The summed E-state index contributed by atoms with van der Waals surface area (Å²) in [6.45, 7) is 3.83. The first-order chi connectivity index (χ1) is 14.9. The molecule has 0 radical (unpaired) electrons. The topological polar surface area (TPSA) is 101 Å². The van der Waals surface area contributed by atoms with Gasteiger partial charge in [-0.2, -0.15) is 18.4 Å². The van der Waals surface area contributed by atoms with Crippen molar-refractivity contribution in [1.29, 1.82) is 5.26 Å².